The van der Waals surface area contributed by atoms with Crippen LogP contribution >= 0.6 is 0 Å². The van der Waals surface area contributed by atoms with Gasteiger partial charge in [-0.3, -0.25) is 9.59 Å². The number of nitrogens with zero attached hydrogens (tertiary/aromatic N) is 1. The summed E-state index contributed by atoms with van der Waals surface area (Å²) >= 11 is 0. The van der Waals surface area contributed by atoms with Crippen molar-refractivity contribution in [3.63, 3.8) is 0 Å². The van der Waals surface area contributed by atoms with Gasteiger partial charge >= 0.3 is 0 Å². The van der Waals surface area contributed by atoms with Crippen molar-refractivity contribution in [2.75, 3.05) is 6.61 Å². The van der Waals surface area contributed by atoms with Crippen molar-refractivity contribution in [3.05, 3.63) is 110 Å². The van der Waals surface area contributed by atoms with Crippen LogP contribution in [0.15, 0.2) is 69.9 Å². The molecule has 2 heterocycles. The molecule has 0 saturated carbocycles. The molecule has 1 atom stereocenters. The van der Waals surface area contributed by atoms with Crippen molar-refractivity contribution in [1.82, 2.24) is 4.90 Å². The van der Waals surface area contributed by atoms with Crippen LogP contribution in [-0.4, -0.2) is 17.4 Å². The van der Waals surface area contributed by atoms with E-state index >= 15 is 0 Å². The van der Waals surface area contributed by atoms with E-state index in [1.807, 2.05) is 88.4 Å². The minimum absolute atomic E-state index is 0.135. The first-order chi connectivity index (χ1) is 16.4. The maximum Gasteiger partial charge on any atom is 0.291 e. The Morgan fingerprint density at radius 1 is 0.912 bits per heavy atom. The number of rotatable bonds is 5. The second-order valence-electron chi connectivity index (χ2n) is 8.96. The van der Waals surface area contributed by atoms with Crippen LogP contribution in [0.4, 0.5) is 0 Å². The number of aryl methyl sites for hydroxylation is 3. The summed E-state index contributed by atoms with van der Waals surface area (Å²) < 4.78 is 11.8. The number of ether oxygens (including phenoxy) is 1. The molecule has 1 unspecified atom stereocenters. The summed E-state index contributed by atoms with van der Waals surface area (Å²) in [4.78, 5) is 29.2. The Hall–Kier alpha value is -3.86. The quantitative estimate of drug-likeness (QED) is 0.380. The van der Waals surface area contributed by atoms with E-state index in [2.05, 4.69) is 0 Å². The SMILES string of the molecule is CCOc1ccc(C2c3c(oc4c(C)cc(C)cc4c3=O)C(=O)N2Cc2ccc(C)cc2)cc1. The Morgan fingerprint density at radius 3 is 2.29 bits per heavy atom. The maximum absolute atomic E-state index is 13.8. The fourth-order valence-electron chi connectivity index (χ4n) is 4.79. The van der Waals surface area contributed by atoms with Gasteiger partial charge in [-0.1, -0.05) is 48.0 Å². The molecule has 1 amide bonds. The van der Waals surface area contributed by atoms with Gasteiger partial charge in [-0.2, -0.15) is 0 Å². The van der Waals surface area contributed by atoms with E-state index in [-0.39, 0.29) is 17.1 Å². The van der Waals surface area contributed by atoms with Gasteiger partial charge in [0.2, 0.25) is 5.76 Å². The molecule has 0 saturated heterocycles. The highest BCUT2D eigenvalue weighted by Crippen LogP contribution is 2.40. The van der Waals surface area contributed by atoms with E-state index in [0.717, 1.165) is 33.6 Å². The number of hydrogen-bond donors (Lipinski definition) is 0. The Labute approximate surface area is 198 Å². The molecule has 5 rings (SSSR count). The summed E-state index contributed by atoms with van der Waals surface area (Å²) in [6.07, 6.45) is 0. The lowest BCUT2D eigenvalue weighted by Crippen LogP contribution is -2.29. The normalized spacial score (nSPS) is 15.1. The molecule has 1 aliphatic rings. The average molecular weight is 454 g/mol. The molecule has 5 heteroatoms. The van der Waals surface area contributed by atoms with Crippen LogP contribution in [0.25, 0.3) is 11.0 Å². The fourth-order valence-corrected chi connectivity index (χ4v) is 4.79. The lowest BCUT2D eigenvalue weighted by atomic mass is 9.97. The summed E-state index contributed by atoms with van der Waals surface area (Å²) in [5.41, 5.74) is 5.54. The van der Waals surface area contributed by atoms with E-state index in [1.165, 1.54) is 0 Å². The summed E-state index contributed by atoms with van der Waals surface area (Å²) in [5.74, 6) is 0.613. The lowest BCUT2D eigenvalue weighted by Gasteiger charge is -2.25. The molecule has 5 nitrogen and oxygen atoms in total. The minimum atomic E-state index is -0.541. The summed E-state index contributed by atoms with van der Waals surface area (Å²) in [6, 6.07) is 18.9. The number of carbonyl (C=O) groups excluding carboxylic acids is 1. The van der Waals surface area contributed by atoms with Gasteiger partial charge < -0.3 is 14.1 Å². The second kappa shape index (κ2) is 8.49. The average Bonchev–Trinajstić information content (AvgIpc) is 3.09. The van der Waals surface area contributed by atoms with Crippen molar-refractivity contribution >= 4 is 16.9 Å². The minimum Gasteiger partial charge on any atom is -0.494 e. The van der Waals surface area contributed by atoms with Crippen molar-refractivity contribution in [2.45, 2.75) is 40.3 Å². The topological polar surface area (TPSA) is 59.8 Å². The van der Waals surface area contributed by atoms with Gasteiger partial charge in [0.15, 0.2) is 5.43 Å². The number of benzene rings is 3. The highest BCUT2D eigenvalue weighted by molar-refractivity contribution is 5.99. The van der Waals surface area contributed by atoms with Crippen LogP contribution in [0, 0.1) is 20.8 Å². The molecule has 0 radical (unpaired) electrons. The third-order valence-electron chi connectivity index (χ3n) is 6.38. The number of carbonyl (C=O) groups is 1. The molecule has 0 N–H and O–H groups in total. The molecule has 34 heavy (non-hydrogen) atoms. The first-order valence-electron chi connectivity index (χ1n) is 11.5. The molecular weight excluding hydrogens is 426 g/mol. The van der Waals surface area contributed by atoms with Crippen LogP contribution in [0.1, 0.15) is 56.9 Å². The van der Waals surface area contributed by atoms with Gasteiger partial charge in [0.05, 0.1) is 23.6 Å². The van der Waals surface area contributed by atoms with Gasteiger partial charge in [0.1, 0.15) is 11.3 Å². The monoisotopic (exact) mass is 453 g/mol. The molecule has 0 spiro atoms. The molecule has 0 bridgehead atoms. The van der Waals surface area contributed by atoms with Crippen molar-refractivity contribution < 1.29 is 13.9 Å². The van der Waals surface area contributed by atoms with E-state index in [4.69, 9.17) is 9.15 Å². The largest absolute Gasteiger partial charge is 0.494 e. The second-order valence-corrected chi connectivity index (χ2v) is 8.96. The van der Waals surface area contributed by atoms with Crippen LogP contribution in [-0.2, 0) is 6.54 Å². The van der Waals surface area contributed by atoms with Crippen LogP contribution in [0.2, 0.25) is 0 Å². The first kappa shape index (κ1) is 22.0. The van der Waals surface area contributed by atoms with Gasteiger partial charge in [0.25, 0.3) is 5.91 Å². The van der Waals surface area contributed by atoms with E-state index in [0.29, 0.717) is 29.7 Å². The number of fused-ring (bicyclic) bond motifs is 2. The van der Waals surface area contributed by atoms with Gasteiger partial charge in [-0.05, 0) is 68.1 Å². The lowest BCUT2D eigenvalue weighted by molar-refractivity contribution is 0.0714. The highest BCUT2D eigenvalue weighted by Gasteiger charge is 2.42. The summed E-state index contributed by atoms with van der Waals surface area (Å²) in [6.45, 7) is 8.76. The fraction of sp³-hybridized carbons (Fsp3) is 0.241. The van der Waals surface area contributed by atoms with Gasteiger partial charge in [-0.15, -0.1) is 0 Å². The van der Waals surface area contributed by atoms with Crippen LogP contribution in [0.3, 0.4) is 0 Å². The first-order valence-corrected chi connectivity index (χ1v) is 11.5. The van der Waals surface area contributed by atoms with Gasteiger partial charge in [-0.25, -0.2) is 0 Å². The third-order valence-corrected chi connectivity index (χ3v) is 6.38. The van der Waals surface area contributed by atoms with E-state index < -0.39 is 6.04 Å². The Balaban J connectivity index is 1.70. The zero-order valence-electron chi connectivity index (χ0n) is 19.8. The zero-order chi connectivity index (χ0) is 24.0. The standard InChI is InChI=1S/C29H27NO4/c1-5-33-22-12-10-21(11-13-22)25-24-26(31)23-15-18(3)14-19(4)27(23)34-28(24)29(32)30(25)16-20-8-6-17(2)7-9-20/h6-15,25H,5,16H2,1-4H3. The Bertz CT molecular complexity index is 1450. The predicted molar refractivity (Wildman–Crippen MR) is 132 cm³/mol. The maximum atomic E-state index is 13.8. The van der Waals surface area contributed by atoms with Crippen molar-refractivity contribution in [3.8, 4) is 5.75 Å². The summed E-state index contributed by atoms with van der Waals surface area (Å²) in [7, 11) is 0. The van der Waals surface area contributed by atoms with Crippen LogP contribution < -0.4 is 10.2 Å². The highest BCUT2D eigenvalue weighted by atomic mass is 16.5. The molecule has 3 aromatic carbocycles. The Morgan fingerprint density at radius 2 is 1.62 bits per heavy atom. The van der Waals surface area contributed by atoms with Crippen molar-refractivity contribution in [1.29, 1.82) is 0 Å². The zero-order valence-corrected chi connectivity index (χ0v) is 19.8. The molecule has 4 aromatic rings. The van der Waals surface area contributed by atoms with Crippen LogP contribution in [0.5, 0.6) is 5.75 Å². The Kier molecular flexibility index (Phi) is 5.48. The molecule has 0 fully saturated rings. The molecule has 1 aliphatic heterocycles. The number of hydrogen-bond acceptors (Lipinski definition) is 4. The molecule has 0 aliphatic carbocycles. The molecule has 1 aromatic heterocycles. The van der Waals surface area contributed by atoms with Gasteiger partial charge in [0, 0.05) is 6.54 Å². The summed E-state index contributed by atoms with van der Waals surface area (Å²) in [5, 5.41) is 0.511. The number of amides is 1. The molecular formula is C29H27NO4. The predicted octanol–water partition coefficient (Wildman–Crippen LogP) is 5.86. The van der Waals surface area contributed by atoms with Crippen molar-refractivity contribution in [2.24, 2.45) is 0 Å². The third kappa shape index (κ3) is 3.67. The van der Waals surface area contributed by atoms with E-state index in [9.17, 15) is 9.59 Å². The van der Waals surface area contributed by atoms with E-state index in [1.54, 1.807) is 4.90 Å². The smallest absolute Gasteiger partial charge is 0.291 e. The molecule has 172 valence electrons.